The number of hydrogen-bond acceptors (Lipinski definition) is 3. The standard InChI is InChI=1S/C17H26F2O3Si/c1-20-17(10-4-5-12-23(17,21-2)22-3)11-6-7-14-8-9-15(18)13-16(14)19/h8-9,13H,4-7,10-12H2,1-3H3. The zero-order valence-electron chi connectivity index (χ0n) is 14.2. The molecule has 0 spiro atoms. The van der Waals surface area contributed by atoms with Crippen molar-refractivity contribution in [1.82, 2.24) is 0 Å². The molecule has 1 atom stereocenters. The first-order chi connectivity index (χ1) is 11.0. The second-order valence-corrected chi connectivity index (χ2v) is 9.89. The molecule has 0 saturated carbocycles. The first-order valence-corrected chi connectivity index (χ1v) is 10.1. The van der Waals surface area contributed by atoms with Crippen molar-refractivity contribution in [2.24, 2.45) is 0 Å². The van der Waals surface area contributed by atoms with Crippen molar-refractivity contribution in [3.63, 3.8) is 0 Å². The zero-order chi connectivity index (χ0) is 16.9. The van der Waals surface area contributed by atoms with Gasteiger partial charge >= 0.3 is 8.56 Å². The molecule has 0 radical (unpaired) electrons. The smallest absolute Gasteiger partial charge is 0.370 e. The molecule has 1 aliphatic heterocycles. The number of ether oxygens (including phenoxy) is 1. The molecule has 0 aliphatic carbocycles. The van der Waals surface area contributed by atoms with Crippen LogP contribution in [0.1, 0.15) is 37.7 Å². The molecule has 130 valence electrons. The minimum Gasteiger partial charge on any atom is -0.396 e. The summed E-state index contributed by atoms with van der Waals surface area (Å²) in [6.07, 6.45) is 5.14. The molecule has 0 aromatic heterocycles. The highest BCUT2D eigenvalue weighted by Gasteiger charge is 2.58. The molecule has 2 rings (SSSR count). The Hall–Kier alpha value is -0.823. The van der Waals surface area contributed by atoms with Crippen molar-refractivity contribution in [1.29, 1.82) is 0 Å². The fraction of sp³-hybridized carbons (Fsp3) is 0.647. The lowest BCUT2D eigenvalue weighted by molar-refractivity contribution is -0.0157. The van der Waals surface area contributed by atoms with Crippen LogP contribution in [0.5, 0.6) is 0 Å². The molecule has 1 aromatic rings. The van der Waals surface area contributed by atoms with Crippen LogP contribution in [0.4, 0.5) is 8.78 Å². The van der Waals surface area contributed by atoms with E-state index in [-0.39, 0.29) is 0 Å². The van der Waals surface area contributed by atoms with E-state index in [0.29, 0.717) is 12.0 Å². The van der Waals surface area contributed by atoms with Crippen LogP contribution >= 0.6 is 0 Å². The van der Waals surface area contributed by atoms with E-state index in [1.54, 1.807) is 21.3 Å². The Morgan fingerprint density at radius 1 is 1.13 bits per heavy atom. The van der Waals surface area contributed by atoms with Gasteiger partial charge in [-0.3, -0.25) is 0 Å². The minimum atomic E-state index is -2.45. The second kappa shape index (κ2) is 7.83. The van der Waals surface area contributed by atoms with Crippen LogP contribution in [0.15, 0.2) is 18.2 Å². The van der Waals surface area contributed by atoms with Crippen LogP contribution in [0.25, 0.3) is 0 Å². The van der Waals surface area contributed by atoms with E-state index in [1.165, 1.54) is 12.1 Å². The lowest BCUT2D eigenvalue weighted by Gasteiger charge is -2.48. The summed E-state index contributed by atoms with van der Waals surface area (Å²) in [7, 11) is 2.67. The van der Waals surface area contributed by atoms with Crippen molar-refractivity contribution in [3.05, 3.63) is 35.4 Å². The fourth-order valence-corrected chi connectivity index (χ4v) is 7.73. The molecular weight excluding hydrogens is 318 g/mol. The first kappa shape index (κ1) is 18.5. The van der Waals surface area contributed by atoms with Crippen molar-refractivity contribution in [2.45, 2.75) is 49.8 Å². The molecule has 1 aliphatic rings. The van der Waals surface area contributed by atoms with Gasteiger partial charge in [0.25, 0.3) is 0 Å². The number of aryl methyl sites for hydroxylation is 1. The molecule has 6 heteroatoms. The third-order valence-electron chi connectivity index (χ3n) is 5.12. The monoisotopic (exact) mass is 344 g/mol. The highest BCUT2D eigenvalue weighted by Crippen LogP contribution is 2.43. The predicted octanol–water partition coefficient (Wildman–Crippen LogP) is 4.13. The molecule has 23 heavy (non-hydrogen) atoms. The van der Waals surface area contributed by atoms with Crippen molar-refractivity contribution in [3.8, 4) is 0 Å². The molecule has 0 amide bonds. The lowest BCUT2D eigenvalue weighted by atomic mass is 10.0. The van der Waals surface area contributed by atoms with Crippen LogP contribution in [-0.2, 0) is 20.0 Å². The number of benzene rings is 1. The van der Waals surface area contributed by atoms with E-state index in [0.717, 1.165) is 44.2 Å². The summed E-state index contributed by atoms with van der Waals surface area (Å²) >= 11 is 0. The van der Waals surface area contributed by atoms with Gasteiger partial charge in [-0.25, -0.2) is 8.78 Å². The Bertz CT molecular complexity index is 523. The van der Waals surface area contributed by atoms with Gasteiger partial charge in [-0.05, 0) is 43.4 Å². The van der Waals surface area contributed by atoms with Crippen molar-refractivity contribution < 1.29 is 22.4 Å². The average molecular weight is 344 g/mol. The summed E-state index contributed by atoms with van der Waals surface area (Å²) < 4.78 is 44.4. The van der Waals surface area contributed by atoms with Gasteiger partial charge in [0.15, 0.2) is 0 Å². The number of halogens is 2. The first-order valence-electron chi connectivity index (χ1n) is 8.12. The normalized spacial score (nSPS) is 23.9. The summed E-state index contributed by atoms with van der Waals surface area (Å²) in [5.41, 5.74) is 0.538. The Morgan fingerprint density at radius 3 is 2.48 bits per heavy atom. The van der Waals surface area contributed by atoms with Crippen LogP contribution in [0.2, 0.25) is 6.04 Å². The van der Waals surface area contributed by atoms with Gasteiger partial charge < -0.3 is 13.6 Å². The third-order valence-corrected chi connectivity index (χ3v) is 9.55. The second-order valence-electron chi connectivity index (χ2n) is 6.16. The van der Waals surface area contributed by atoms with E-state index < -0.39 is 25.4 Å². The number of methoxy groups -OCH3 is 1. The molecule has 0 bridgehead atoms. The summed E-state index contributed by atoms with van der Waals surface area (Å²) in [5, 5.41) is -0.398. The largest absolute Gasteiger partial charge is 0.396 e. The molecule has 1 aromatic carbocycles. The molecule has 1 saturated heterocycles. The van der Waals surface area contributed by atoms with Gasteiger partial charge in [-0.15, -0.1) is 0 Å². The van der Waals surface area contributed by atoms with Gasteiger partial charge in [-0.2, -0.15) is 0 Å². The van der Waals surface area contributed by atoms with Gasteiger partial charge in [0.2, 0.25) is 0 Å². The van der Waals surface area contributed by atoms with E-state index >= 15 is 0 Å². The Kier molecular flexibility index (Phi) is 6.31. The van der Waals surface area contributed by atoms with Crippen molar-refractivity contribution in [2.75, 3.05) is 21.3 Å². The average Bonchev–Trinajstić information content (AvgIpc) is 2.57. The van der Waals surface area contributed by atoms with Gasteiger partial charge in [0.05, 0.1) is 0 Å². The molecule has 3 nitrogen and oxygen atoms in total. The predicted molar refractivity (Wildman–Crippen MR) is 87.5 cm³/mol. The van der Waals surface area contributed by atoms with E-state index in [4.69, 9.17) is 13.6 Å². The molecule has 1 heterocycles. The van der Waals surface area contributed by atoms with E-state index in [1.807, 2.05) is 0 Å². The van der Waals surface area contributed by atoms with Gasteiger partial charge in [-0.1, -0.05) is 18.9 Å². The summed E-state index contributed by atoms with van der Waals surface area (Å²) in [5.74, 6) is -1.03. The summed E-state index contributed by atoms with van der Waals surface area (Å²) in [6, 6.07) is 4.67. The maximum absolute atomic E-state index is 13.8. The Balaban J connectivity index is 2.08. The lowest BCUT2D eigenvalue weighted by Crippen LogP contribution is -2.64. The molecule has 0 N–H and O–H groups in total. The highest BCUT2D eigenvalue weighted by atomic mass is 28.4. The maximum Gasteiger partial charge on any atom is 0.370 e. The van der Waals surface area contributed by atoms with Crippen LogP contribution in [0, 0.1) is 11.6 Å². The Morgan fingerprint density at radius 2 is 1.87 bits per heavy atom. The third kappa shape index (κ3) is 3.65. The molecular formula is C17H26F2O3Si. The topological polar surface area (TPSA) is 27.7 Å². The van der Waals surface area contributed by atoms with Crippen molar-refractivity contribution >= 4 is 8.56 Å². The quantitative estimate of drug-likeness (QED) is 0.696. The number of rotatable bonds is 7. The number of hydrogen-bond donors (Lipinski definition) is 0. The van der Waals surface area contributed by atoms with Gasteiger partial charge in [0, 0.05) is 27.4 Å². The fourth-order valence-electron chi connectivity index (χ4n) is 3.81. The van der Waals surface area contributed by atoms with Crippen LogP contribution in [-0.4, -0.2) is 35.1 Å². The van der Waals surface area contributed by atoms with E-state index in [9.17, 15) is 8.78 Å². The van der Waals surface area contributed by atoms with Crippen LogP contribution in [0.3, 0.4) is 0 Å². The summed E-state index contributed by atoms with van der Waals surface area (Å²) in [4.78, 5) is 0. The molecule has 1 fully saturated rings. The SMILES string of the molecule is COC1(CCCc2ccc(F)cc2F)CCCC[Si]1(OC)OC. The van der Waals surface area contributed by atoms with E-state index in [2.05, 4.69) is 0 Å². The van der Waals surface area contributed by atoms with Crippen LogP contribution < -0.4 is 0 Å². The highest BCUT2D eigenvalue weighted by molar-refractivity contribution is 6.70. The van der Waals surface area contributed by atoms with Gasteiger partial charge in [0.1, 0.15) is 16.9 Å². The minimum absolute atomic E-state index is 0.398. The maximum atomic E-state index is 13.8. The Labute approximate surface area is 138 Å². The summed E-state index contributed by atoms with van der Waals surface area (Å²) in [6.45, 7) is 0. The zero-order valence-corrected chi connectivity index (χ0v) is 15.2. The molecule has 1 unspecified atom stereocenters.